The van der Waals surface area contributed by atoms with E-state index in [-0.39, 0.29) is 11.9 Å². The topological polar surface area (TPSA) is 101 Å². The number of amidine groups is 1. The lowest BCUT2D eigenvalue weighted by Crippen LogP contribution is -2.40. The summed E-state index contributed by atoms with van der Waals surface area (Å²) in [5.41, 5.74) is 12.7. The van der Waals surface area contributed by atoms with Crippen LogP contribution >= 0.6 is 0 Å². The Balaban J connectivity index is 2.25. The molecular formula is C18H27FN6. The minimum Gasteiger partial charge on any atom is -0.404 e. The number of nitrogens with zero attached hydrogens (tertiary/aromatic N) is 2. The summed E-state index contributed by atoms with van der Waals surface area (Å²) in [6.07, 6.45) is 12.8. The number of alkyl halides is 1. The summed E-state index contributed by atoms with van der Waals surface area (Å²) in [4.78, 5) is 8.61. The van der Waals surface area contributed by atoms with Crippen LogP contribution in [0.15, 0.2) is 57.5 Å². The number of allylic oxidation sites excluding steroid dienone is 2. The van der Waals surface area contributed by atoms with Gasteiger partial charge in [-0.15, -0.1) is 0 Å². The first kappa shape index (κ1) is 18.9. The van der Waals surface area contributed by atoms with Crippen LogP contribution in [0.2, 0.25) is 0 Å². The van der Waals surface area contributed by atoms with Crippen molar-refractivity contribution in [2.24, 2.45) is 21.5 Å². The molecule has 0 fully saturated rings. The molecule has 0 aromatic rings. The molecule has 3 atom stereocenters. The number of aliphatic imine (C=N–C) groups is 2. The molecule has 1 aliphatic heterocycles. The molecule has 1 aliphatic carbocycles. The minimum absolute atomic E-state index is 0.0704. The van der Waals surface area contributed by atoms with Crippen molar-refractivity contribution in [3.05, 3.63) is 47.5 Å². The van der Waals surface area contributed by atoms with Gasteiger partial charge in [-0.05, 0) is 32.3 Å². The second-order valence-electron chi connectivity index (χ2n) is 6.01. The van der Waals surface area contributed by atoms with Crippen LogP contribution in [-0.2, 0) is 0 Å². The third kappa shape index (κ3) is 5.03. The highest BCUT2D eigenvalue weighted by Gasteiger charge is 2.21. The number of halogens is 1. The van der Waals surface area contributed by atoms with E-state index in [2.05, 4.69) is 32.8 Å². The summed E-state index contributed by atoms with van der Waals surface area (Å²) in [5.74, 6) is 0.529. The Kier molecular flexibility index (Phi) is 6.94. The molecule has 7 heteroatoms. The zero-order valence-corrected chi connectivity index (χ0v) is 14.7. The van der Waals surface area contributed by atoms with E-state index in [1.54, 1.807) is 13.2 Å². The quantitative estimate of drug-likeness (QED) is 0.334. The van der Waals surface area contributed by atoms with E-state index in [0.29, 0.717) is 23.0 Å². The van der Waals surface area contributed by atoms with Crippen LogP contribution in [0.25, 0.3) is 0 Å². The van der Waals surface area contributed by atoms with Crippen molar-refractivity contribution < 1.29 is 4.39 Å². The van der Waals surface area contributed by atoms with Crippen molar-refractivity contribution in [1.29, 1.82) is 0 Å². The molecule has 0 aromatic carbocycles. The molecule has 2 rings (SSSR count). The second kappa shape index (κ2) is 9.17. The van der Waals surface area contributed by atoms with Crippen molar-refractivity contribution in [2.75, 3.05) is 7.05 Å². The average Bonchev–Trinajstić information content (AvgIpc) is 2.62. The van der Waals surface area contributed by atoms with Crippen LogP contribution in [-0.4, -0.2) is 37.5 Å². The molecule has 0 spiro atoms. The number of nitrogens with two attached hydrogens (primary N) is 2. The monoisotopic (exact) mass is 346 g/mol. The Morgan fingerprint density at radius 2 is 2.32 bits per heavy atom. The third-order valence-electron chi connectivity index (χ3n) is 4.12. The van der Waals surface area contributed by atoms with Gasteiger partial charge in [-0.2, -0.15) is 0 Å². The highest BCUT2D eigenvalue weighted by molar-refractivity contribution is 6.10. The fourth-order valence-corrected chi connectivity index (χ4v) is 2.79. The fraction of sp³-hybridized carbons (Fsp3) is 0.444. The maximum absolute atomic E-state index is 13.7. The largest absolute Gasteiger partial charge is 0.404 e. The standard InChI is InChI=1S/C18H27FN6/c1-12(19)17(21)15(11-22-2)14(10-20)18-23-9-8-16(25-18)24-13-6-4-3-5-7-13/h4,6,8-13,16,24H,3,5,7,20-21H2,1-2H3,(H,23,25). The lowest BCUT2D eigenvalue weighted by Gasteiger charge is -2.25. The predicted molar refractivity (Wildman–Crippen MR) is 102 cm³/mol. The molecule has 2 aliphatic rings. The lowest BCUT2D eigenvalue weighted by molar-refractivity contribution is 0.407. The Bertz CT molecular complexity index is 642. The van der Waals surface area contributed by atoms with Gasteiger partial charge in [-0.25, -0.2) is 9.38 Å². The molecule has 0 saturated carbocycles. The van der Waals surface area contributed by atoms with E-state index < -0.39 is 6.17 Å². The summed E-state index contributed by atoms with van der Waals surface area (Å²) in [5, 5.41) is 6.52. The molecule has 0 bridgehead atoms. The molecule has 6 N–H and O–H groups in total. The highest BCUT2D eigenvalue weighted by atomic mass is 19.1. The van der Waals surface area contributed by atoms with Gasteiger partial charge in [0, 0.05) is 42.9 Å². The zero-order chi connectivity index (χ0) is 18.2. The molecule has 0 amide bonds. The van der Waals surface area contributed by atoms with E-state index >= 15 is 0 Å². The molecule has 0 aromatic heterocycles. The highest BCUT2D eigenvalue weighted by Crippen LogP contribution is 2.18. The van der Waals surface area contributed by atoms with E-state index in [9.17, 15) is 4.39 Å². The Morgan fingerprint density at radius 3 is 2.92 bits per heavy atom. The summed E-state index contributed by atoms with van der Waals surface area (Å²) >= 11 is 0. The number of rotatable bonds is 6. The molecule has 136 valence electrons. The van der Waals surface area contributed by atoms with Crippen molar-refractivity contribution >= 4 is 12.1 Å². The molecule has 0 radical (unpaired) electrons. The van der Waals surface area contributed by atoms with Crippen LogP contribution in [0.4, 0.5) is 4.39 Å². The van der Waals surface area contributed by atoms with Crippen molar-refractivity contribution in [1.82, 2.24) is 10.6 Å². The predicted octanol–water partition coefficient (Wildman–Crippen LogP) is 1.64. The number of hydrogen-bond donors (Lipinski definition) is 4. The van der Waals surface area contributed by atoms with Gasteiger partial charge in [0.15, 0.2) is 0 Å². The van der Waals surface area contributed by atoms with Gasteiger partial charge < -0.3 is 16.8 Å². The second-order valence-corrected chi connectivity index (χ2v) is 6.01. The van der Waals surface area contributed by atoms with Gasteiger partial charge in [0.1, 0.15) is 18.2 Å². The Labute approximate surface area is 148 Å². The van der Waals surface area contributed by atoms with Crippen LogP contribution in [0.3, 0.4) is 0 Å². The molecule has 0 saturated heterocycles. The van der Waals surface area contributed by atoms with Gasteiger partial charge in [0.05, 0.1) is 5.70 Å². The average molecular weight is 346 g/mol. The first-order chi connectivity index (χ1) is 12.1. The molecule has 1 heterocycles. The van der Waals surface area contributed by atoms with E-state index in [1.807, 2.05) is 6.08 Å². The van der Waals surface area contributed by atoms with E-state index in [0.717, 1.165) is 19.3 Å². The molecule has 25 heavy (non-hydrogen) atoms. The first-order valence-electron chi connectivity index (χ1n) is 8.49. The van der Waals surface area contributed by atoms with E-state index in [4.69, 9.17) is 11.5 Å². The van der Waals surface area contributed by atoms with Gasteiger partial charge in [-0.1, -0.05) is 12.2 Å². The van der Waals surface area contributed by atoms with Gasteiger partial charge in [0.25, 0.3) is 0 Å². The molecule has 3 unspecified atom stereocenters. The SMILES string of the molecule is CN=CC(C(=CN)C1=NC(NC2C=CCCC2)C=CN1)=C(N)C(C)F. The van der Waals surface area contributed by atoms with Crippen LogP contribution in [0, 0.1) is 0 Å². The summed E-state index contributed by atoms with van der Waals surface area (Å²) in [6.45, 7) is 1.38. The van der Waals surface area contributed by atoms with Crippen LogP contribution in [0.1, 0.15) is 26.2 Å². The third-order valence-corrected chi connectivity index (χ3v) is 4.12. The summed E-state index contributed by atoms with van der Waals surface area (Å²) in [7, 11) is 1.60. The lowest BCUT2D eigenvalue weighted by atomic mass is 10.0. The fourth-order valence-electron chi connectivity index (χ4n) is 2.79. The van der Waals surface area contributed by atoms with E-state index in [1.165, 1.54) is 19.3 Å². The molecular weight excluding hydrogens is 319 g/mol. The van der Waals surface area contributed by atoms with Crippen molar-refractivity contribution in [2.45, 2.75) is 44.6 Å². The summed E-state index contributed by atoms with van der Waals surface area (Å²) in [6, 6.07) is 0.292. The maximum Gasteiger partial charge on any atom is 0.137 e. The van der Waals surface area contributed by atoms with Crippen molar-refractivity contribution in [3.63, 3.8) is 0 Å². The smallest absolute Gasteiger partial charge is 0.137 e. The molecule has 6 nitrogen and oxygen atoms in total. The van der Waals surface area contributed by atoms with Crippen LogP contribution < -0.4 is 22.1 Å². The van der Waals surface area contributed by atoms with Crippen LogP contribution in [0.5, 0.6) is 0 Å². The first-order valence-corrected chi connectivity index (χ1v) is 8.49. The summed E-state index contributed by atoms with van der Waals surface area (Å²) < 4.78 is 13.7. The van der Waals surface area contributed by atoms with Gasteiger partial charge in [0.2, 0.25) is 0 Å². The van der Waals surface area contributed by atoms with Crippen molar-refractivity contribution in [3.8, 4) is 0 Å². The zero-order valence-electron chi connectivity index (χ0n) is 14.7. The Morgan fingerprint density at radius 1 is 1.52 bits per heavy atom. The number of nitrogens with one attached hydrogen (secondary N) is 2. The minimum atomic E-state index is -1.32. The van der Waals surface area contributed by atoms with Gasteiger partial charge in [-0.3, -0.25) is 10.3 Å². The van der Waals surface area contributed by atoms with Gasteiger partial charge >= 0.3 is 0 Å². The Hall–Kier alpha value is -2.41. The number of hydrogen-bond acceptors (Lipinski definition) is 6. The normalized spacial score (nSPS) is 26.2. The maximum atomic E-state index is 13.7.